The molecule has 2 aromatic rings. The molecule has 0 spiro atoms. The fourth-order valence-corrected chi connectivity index (χ4v) is 2.15. The molecule has 5 heteroatoms. The van der Waals surface area contributed by atoms with Crippen LogP contribution in [-0.2, 0) is 6.42 Å². The van der Waals surface area contributed by atoms with Gasteiger partial charge in [-0.05, 0) is 24.1 Å². The lowest BCUT2D eigenvalue weighted by molar-refractivity contribution is 0.373. The summed E-state index contributed by atoms with van der Waals surface area (Å²) in [5.74, 6) is 1.50. The van der Waals surface area contributed by atoms with E-state index in [0.717, 1.165) is 16.5 Å². The molecule has 1 heterocycles. The van der Waals surface area contributed by atoms with Crippen molar-refractivity contribution in [3.05, 3.63) is 46.0 Å². The first kappa shape index (κ1) is 11.4. The van der Waals surface area contributed by atoms with Gasteiger partial charge in [0.2, 0.25) is 5.89 Å². The fourth-order valence-electron chi connectivity index (χ4n) is 1.89. The first-order valence-corrected chi connectivity index (χ1v) is 6.52. The van der Waals surface area contributed by atoms with E-state index in [1.807, 2.05) is 24.3 Å². The summed E-state index contributed by atoms with van der Waals surface area (Å²) in [5.41, 5.74) is 1.14. The third-order valence-corrected chi connectivity index (χ3v) is 3.56. The van der Waals surface area contributed by atoms with Crippen molar-refractivity contribution in [2.45, 2.75) is 18.8 Å². The molecule has 0 radical (unpaired) electrons. The van der Waals surface area contributed by atoms with E-state index in [2.05, 4.69) is 32.1 Å². The summed E-state index contributed by atoms with van der Waals surface area (Å²) >= 11 is 3.40. The molecule has 2 atom stereocenters. The molecule has 1 aliphatic carbocycles. The molecule has 0 N–H and O–H groups in total. The zero-order valence-corrected chi connectivity index (χ0v) is 11.1. The van der Waals surface area contributed by atoms with Crippen LogP contribution < -0.4 is 0 Å². The van der Waals surface area contributed by atoms with Crippen LogP contribution in [0.25, 0.3) is 0 Å². The Labute approximate surface area is 113 Å². The zero-order valence-electron chi connectivity index (χ0n) is 9.51. The zero-order chi connectivity index (χ0) is 12.5. The summed E-state index contributed by atoms with van der Waals surface area (Å²) < 4.78 is 6.25. The SMILES string of the molecule is N#CC1CC1c1nc(Cc2ccc(Br)cc2)no1. The van der Waals surface area contributed by atoms with Gasteiger partial charge in [0.15, 0.2) is 5.82 Å². The average Bonchev–Trinajstić information content (AvgIpc) is 3.04. The molecule has 90 valence electrons. The number of nitriles is 1. The van der Waals surface area contributed by atoms with Crippen molar-refractivity contribution >= 4 is 15.9 Å². The maximum Gasteiger partial charge on any atom is 0.231 e. The monoisotopic (exact) mass is 303 g/mol. The standard InChI is InChI=1S/C13H10BrN3O/c14-10-3-1-8(2-4-10)5-12-16-13(18-17-12)11-6-9(11)7-15/h1-4,9,11H,5-6H2. The predicted octanol–water partition coefficient (Wildman–Crippen LogP) is 3.05. The lowest BCUT2D eigenvalue weighted by Crippen LogP contribution is -1.91. The molecule has 0 saturated heterocycles. The minimum atomic E-state index is 0.0611. The van der Waals surface area contributed by atoms with E-state index in [0.29, 0.717) is 18.1 Å². The number of aromatic nitrogens is 2. The highest BCUT2D eigenvalue weighted by molar-refractivity contribution is 9.10. The number of nitrogens with zero attached hydrogens (tertiary/aromatic N) is 3. The summed E-state index contributed by atoms with van der Waals surface area (Å²) in [7, 11) is 0. The number of rotatable bonds is 3. The molecule has 4 nitrogen and oxygen atoms in total. The third kappa shape index (κ3) is 2.29. The van der Waals surface area contributed by atoms with Gasteiger partial charge in [0, 0.05) is 10.9 Å². The van der Waals surface area contributed by atoms with E-state index >= 15 is 0 Å². The minimum Gasteiger partial charge on any atom is -0.339 e. The summed E-state index contributed by atoms with van der Waals surface area (Å²) in [5, 5.41) is 12.7. The Morgan fingerprint density at radius 3 is 2.83 bits per heavy atom. The largest absolute Gasteiger partial charge is 0.339 e. The van der Waals surface area contributed by atoms with Crippen LogP contribution in [0.1, 0.15) is 29.6 Å². The lowest BCUT2D eigenvalue weighted by atomic mass is 10.1. The highest BCUT2D eigenvalue weighted by atomic mass is 79.9. The van der Waals surface area contributed by atoms with Crippen LogP contribution in [0.4, 0.5) is 0 Å². The molecule has 1 aliphatic rings. The first-order valence-electron chi connectivity index (χ1n) is 5.73. The normalized spacial score (nSPS) is 21.6. The first-order chi connectivity index (χ1) is 8.76. The van der Waals surface area contributed by atoms with Crippen LogP contribution in [-0.4, -0.2) is 10.1 Å². The Morgan fingerprint density at radius 2 is 2.17 bits per heavy atom. The van der Waals surface area contributed by atoms with Crippen LogP contribution >= 0.6 is 15.9 Å². The van der Waals surface area contributed by atoms with Crippen molar-refractivity contribution in [1.82, 2.24) is 10.1 Å². The topological polar surface area (TPSA) is 62.7 Å². The molecule has 1 aromatic heterocycles. The van der Waals surface area contributed by atoms with Gasteiger partial charge < -0.3 is 4.52 Å². The Balaban J connectivity index is 1.71. The van der Waals surface area contributed by atoms with Gasteiger partial charge in [-0.15, -0.1) is 0 Å². The van der Waals surface area contributed by atoms with Crippen LogP contribution in [0.3, 0.4) is 0 Å². The molecule has 0 bridgehead atoms. The van der Waals surface area contributed by atoms with Crippen molar-refractivity contribution in [3.8, 4) is 6.07 Å². The Morgan fingerprint density at radius 1 is 1.39 bits per heavy atom. The van der Waals surface area contributed by atoms with Crippen molar-refractivity contribution in [2.24, 2.45) is 5.92 Å². The number of hydrogen-bond donors (Lipinski definition) is 0. The van der Waals surface area contributed by atoms with E-state index < -0.39 is 0 Å². The molecule has 1 aromatic carbocycles. The molecule has 1 saturated carbocycles. The Kier molecular flexibility index (Phi) is 2.88. The summed E-state index contributed by atoms with van der Waals surface area (Å²) in [6, 6.07) is 10.2. The van der Waals surface area contributed by atoms with Gasteiger partial charge in [0.25, 0.3) is 0 Å². The summed E-state index contributed by atoms with van der Waals surface area (Å²) in [4.78, 5) is 4.35. The van der Waals surface area contributed by atoms with Crippen LogP contribution in [0.5, 0.6) is 0 Å². The maximum atomic E-state index is 8.76. The Bertz CT molecular complexity index is 599. The highest BCUT2D eigenvalue weighted by Gasteiger charge is 2.43. The number of hydrogen-bond acceptors (Lipinski definition) is 4. The second-order valence-corrected chi connectivity index (χ2v) is 5.35. The molecule has 2 unspecified atom stereocenters. The van der Waals surface area contributed by atoms with E-state index in [9.17, 15) is 0 Å². The highest BCUT2D eigenvalue weighted by Crippen LogP contribution is 2.45. The molecule has 0 amide bonds. The van der Waals surface area contributed by atoms with Crippen molar-refractivity contribution < 1.29 is 4.52 Å². The Hall–Kier alpha value is -1.67. The van der Waals surface area contributed by atoms with Gasteiger partial charge in [-0.25, -0.2) is 0 Å². The predicted molar refractivity (Wildman–Crippen MR) is 67.7 cm³/mol. The van der Waals surface area contributed by atoms with E-state index in [-0.39, 0.29) is 11.8 Å². The van der Waals surface area contributed by atoms with Gasteiger partial charge in [-0.1, -0.05) is 33.2 Å². The number of halogens is 1. The van der Waals surface area contributed by atoms with E-state index in [1.165, 1.54) is 0 Å². The second kappa shape index (κ2) is 4.54. The van der Waals surface area contributed by atoms with Crippen molar-refractivity contribution in [3.63, 3.8) is 0 Å². The summed E-state index contributed by atoms with van der Waals surface area (Å²) in [6.07, 6.45) is 1.50. The van der Waals surface area contributed by atoms with Gasteiger partial charge in [-0.2, -0.15) is 10.2 Å². The molecular weight excluding hydrogens is 294 g/mol. The molecular formula is C13H10BrN3O. The molecule has 1 fully saturated rings. The van der Waals surface area contributed by atoms with Gasteiger partial charge in [0.05, 0.1) is 17.9 Å². The molecule has 3 rings (SSSR count). The van der Waals surface area contributed by atoms with Gasteiger partial charge in [0.1, 0.15) is 0 Å². The van der Waals surface area contributed by atoms with Gasteiger partial charge in [-0.3, -0.25) is 0 Å². The fraction of sp³-hybridized carbons (Fsp3) is 0.308. The van der Waals surface area contributed by atoms with Gasteiger partial charge >= 0.3 is 0 Å². The average molecular weight is 304 g/mol. The quantitative estimate of drug-likeness (QED) is 0.874. The van der Waals surface area contributed by atoms with E-state index in [1.54, 1.807) is 0 Å². The maximum absolute atomic E-state index is 8.76. The van der Waals surface area contributed by atoms with Crippen LogP contribution in [0, 0.1) is 17.2 Å². The smallest absolute Gasteiger partial charge is 0.231 e. The van der Waals surface area contributed by atoms with Crippen LogP contribution in [0.2, 0.25) is 0 Å². The molecule has 18 heavy (non-hydrogen) atoms. The third-order valence-electron chi connectivity index (χ3n) is 3.03. The van der Waals surface area contributed by atoms with Crippen molar-refractivity contribution in [2.75, 3.05) is 0 Å². The second-order valence-electron chi connectivity index (χ2n) is 4.43. The number of benzene rings is 1. The lowest BCUT2D eigenvalue weighted by Gasteiger charge is -1.96. The minimum absolute atomic E-state index is 0.0611. The van der Waals surface area contributed by atoms with E-state index in [4.69, 9.17) is 9.78 Å². The summed E-state index contributed by atoms with van der Waals surface area (Å²) in [6.45, 7) is 0. The molecule has 0 aliphatic heterocycles. The van der Waals surface area contributed by atoms with Crippen molar-refractivity contribution in [1.29, 1.82) is 5.26 Å². The van der Waals surface area contributed by atoms with Crippen LogP contribution in [0.15, 0.2) is 33.3 Å².